The van der Waals surface area contributed by atoms with Gasteiger partial charge in [-0.15, -0.1) is 0 Å². The summed E-state index contributed by atoms with van der Waals surface area (Å²) in [6.45, 7) is 1.82. The highest BCUT2D eigenvalue weighted by Crippen LogP contribution is 2.48. The number of carbonyl (C=O) groups is 1. The van der Waals surface area contributed by atoms with Crippen LogP contribution in [0.25, 0.3) is 0 Å². The third-order valence-corrected chi connectivity index (χ3v) is 3.95. The van der Waals surface area contributed by atoms with E-state index in [1.165, 1.54) is 19.3 Å². The van der Waals surface area contributed by atoms with Crippen LogP contribution >= 0.6 is 0 Å². The van der Waals surface area contributed by atoms with Gasteiger partial charge in [0.1, 0.15) is 5.76 Å². The highest BCUT2D eigenvalue weighted by Gasteiger charge is 2.43. The van der Waals surface area contributed by atoms with E-state index in [1.54, 1.807) is 6.07 Å². The van der Waals surface area contributed by atoms with Crippen LogP contribution in [0.2, 0.25) is 0 Å². The maximum absolute atomic E-state index is 12.0. The SMILES string of the molecule is Cc1cc(NC(=O)[C@@H]2C[C@H]3CC[C@@H]2C3)no1. The van der Waals surface area contributed by atoms with E-state index in [-0.39, 0.29) is 11.8 Å². The van der Waals surface area contributed by atoms with Crippen LogP contribution < -0.4 is 5.32 Å². The maximum atomic E-state index is 12.0. The summed E-state index contributed by atoms with van der Waals surface area (Å²) in [7, 11) is 0. The van der Waals surface area contributed by atoms with Crippen molar-refractivity contribution < 1.29 is 9.32 Å². The van der Waals surface area contributed by atoms with E-state index < -0.39 is 0 Å². The minimum absolute atomic E-state index is 0.125. The number of hydrogen-bond acceptors (Lipinski definition) is 3. The second kappa shape index (κ2) is 3.61. The fourth-order valence-corrected chi connectivity index (χ4v) is 3.21. The van der Waals surface area contributed by atoms with Crippen molar-refractivity contribution in [1.29, 1.82) is 0 Å². The van der Waals surface area contributed by atoms with Gasteiger partial charge in [-0.3, -0.25) is 4.79 Å². The van der Waals surface area contributed by atoms with Crippen LogP contribution in [-0.4, -0.2) is 11.1 Å². The van der Waals surface area contributed by atoms with Crippen molar-refractivity contribution in [2.24, 2.45) is 17.8 Å². The Hall–Kier alpha value is -1.32. The fourth-order valence-electron chi connectivity index (χ4n) is 3.21. The predicted molar refractivity (Wildman–Crippen MR) is 58.8 cm³/mol. The molecule has 0 aliphatic heterocycles. The van der Waals surface area contributed by atoms with E-state index in [4.69, 9.17) is 4.52 Å². The summed E-state index contributed by atoms with van der Waals surface area (Å²) in [5, 5.41) is 6.63. The molecule has 1 aromatic rings. The zero-order valence-corrected chi connectivity index (χ0v) is 9.40. The Morgan fingerprint density at radius 3 is 2.94 bits per heavy atom. The molecule has 1 N–H and O–H groups in total. The largest absolute Gasteiger partial charge is 0.360 e. The van der Waals surface area contributed by atoms with Gasteiger partial charge in [-0.1, -0.05) is 11.6 Å². The molecule has 2 aliphatic rings. The van der Waals surface area contributed by atoms with Crippen molar-refractivity contribution >= 4 is 11.7 Å². The van der Waals surface area contributed by atoms with Gasteiger partial charge in [0.15, 0.2) is 5.82 Å². The Bertz CT molecular complexity index is 413. The Morgan fingerprint density at radius 2 is 2.38 bits per heavy atom. The summed E-state index contributed by atoms with van der Waals surface area (Å²) in [6, 6.07) is 1.76. The number of carbonyl (C=O) groups excluding carboxylic acids is 1. The molecule has 86 valence electrons. The molecule has 4 nitrogen and oxygen atoms in total. The molecule has 2 saturated carbocycles. The zero-order valence-electron chi connectivity index (χ0n) is 9.40. The molecular weight excluding hydrogens is 204 g/mol. The molecule has 0 unspecified atom stereocenters. The van der Waals surface area contributed by atoms with Gasteiger partial charge in [-0.2, -0.15) is 0 Å². The molecule has 3 atom stereocenters. The quantitative estimate of drug-likeness (QED) is 0.832. The predicted octanol–water partition coefficient (Wildman–Crippen LogP) is 2.36. The average molecular weight is 220 g/mol. The van der Waals surface area contributed by atoms with Crippen LogP contribution in [0.5, 0.6) is 0 Å². The number of aromatic nitrogens is 1. The van der Waals surface area contributed by atoms with E-state index in [0.717, 1.165) is 18.1 Å². The average Bonchev–Trinajstić information content (AvgIpc) is 2.93. The summed E-state index contributed by atoms with van der Waals surface area (Å²) in [5.74, 6) is 3.00. The van der Waals surface area contributed by atoms with Crippen molar-refractivity contribution in [1.82, 2.24) is 5.16 Å². The lowest BCUT2D eigenvalue weighted by Crippen LogP contribution is -2.27. The number of aryl methyl sites for hydroxylation is 1. The second-order valence-corrected chi connectivity index (χ2v) is 5.09. The highest BCUT2D eigenvalue weighted by atomic mass is 16.5. The van der Waals surface area contributed by atoms with Crippen LogP contribution in [0.15, 0.2) is 10.6 Å². The zero-order chi connectivity index (χ0) is 11.1. The number of rotatable bonds is 2. The Morgan fingerprint density at radius 1 is 1.50 bits per heavy atom. The van der Waals surface area contributed by atoms with Crippen LogP contribution in [0.1, 0.15) is 31.4 Å². The molecule has 2 aliphatic carbocycles. The fraction of sp³-hybridized carbons (Fsp3) is 0.667. The van der Waals surface area contributed by atoms with E-state index in [9.17, 15) is 4.79 Å². The Kier molecular flexibility index (Phi) is 2.23. The highest BCUT2D eigenvalue weighted by molar-refractivity contribution is 5.92. The molecule has 1 aromatic heterocycles. The Balaban J connectivity index is 1.65. The van der Waals surface area contributed by atoms with Crippen molar-refractivity contribution in [3.63, 3.8) is 0 Å². The van der Waals surface area contributed by atoms with Gasteiger partial charge in [0.25, 0.3) is 0 Å². The topological polar surface area (TPSA) is 55.1 Å². The first kappa shape index (κ1) is 9.87. The van der Waals surface area contributed by atoms with E-state index in [1.807, 2.05) is 6.92 Å². The summed E-state index contributed by atoms with van der Waals surface area (Å²) < 4.78 is 4.93. The molecule has 4 heteroatoms. The number of nitrogens with one attached hydrogen (secondary N) is 1. The van der Waals surface area contributed by atoms with Gasteiger partial charge in [0.2, 0.25) is 5.91 Å². The third kappa shape index (κ3) is 1.62. The first-order valence-corrected chi connectivity index (χ1v) is 5.96. The van der Waals surface area contributed by atoms with Gasteiger partial charge in [0, 0.05) is 12.0 Å². The molecule has 3 rings (SSSR count). The lowest BCUT2D eigenvalue weighted by atomic mass is 9.88. The van der Waals surface area contributed by atoms with Gasteiger partial charge in [0.05, 0.1) is 0 Å². The molecule has 2 bridgehead atoms. The Labute approximate surface area is 94.4 Å². The summed E-state index contributed by atoms with van der Waals surface area (Å²) in [6.07, 6.45) is 4.85. The summed E-state index contributed by atoms with van der Waals surface area (Å²) in [5.41, 5.74) is 0. The van der Waals surface area contributed by atoms with Gasteiger partial charge < -0.3 is 9.84 Å². The normalized spacial score (nSPS) is 31.9. The molecule has 0 radical (unpaired) electrons. The first-order valence-electron chi connectivity index (χ1n) is 5.96. The number of amides is 1. The van der Waals surface area contributed by atoms with Crippen LogP contribution in [-0.2, 0) is 4.79 Å². The maximum Gasteiger partial charge on any atom is 0.229 e. The lowest BCUT2D eigenvalue weighted by molar-refractivity contribution is -0.121. The molecule has 2 fully saturated rings. The molecule has 0 saturated heterocycles. The van der Waals surface area contributed by atoms with E-state index in [2.05, 4.69) is 10.5 Å². The number of nitrogens with zero attached hydrogens (tertiary/aromatic N) is 1. The van der Waals surface area contributed by atoms with Gasteiger partial charge in [-0.25, -0.2) is 0 Å². The molecule has 0 aromatic carbocycles. The molecular formula is C12H16N2O2. The first-order chi connectivity index (χ1) is 7.72. The number of anilines is 1. The summed E-state index contributed by atoms with van der Waals surface area (Å²) >= 11 is 0. The second-order valence-electron chi connectivity index (χ2n) is 5.09. The van der Waals surface area contributed by atoms with Gasteiger partial charge >= 0.3 is 0 Å². The smallest absolute Gasteiger partial charge is 0.229 e. The molecule has 1 amide bonds. The van der Waals surface area contributed by atoms with Crippen molar-refractivity contribution in [2.75, 3.05) is 5.32 Å². The van der Waals surface area contributed by atoms with Crippen LogP contribution in [0.3, 0.4) is 0 Å². The lowest BCUT2D eigenvalue weighted by Gasteiger charge is -2.19. The number of hydrogen-bond donors (Lipinski definition) is 1. The van der Waals surface area contributed by atoms with Gasteiger partial charge in [-0.05, 0) is 38.0 Å². The van der Waals surface area contributed by atoms with Crippen molar-refractivity contribution in [3.8, 4) is 0 Å². The standard InChI is InChI=1S/C12H16N2O2/c1-7-4-11(14-16-7)13-12(15)10-6-8-2-3-9(10)5-8/h4,8-10H,2-3,5-6H2,1H3,(H,13,14,15)/t8-,9+,10+/m0/s1. The number of fused-ring (bicyclic) bond motifs is 2. The third-order valence-electron chi connectivity index (χ3n) is 3.95. The van der Waals surface area contributed by atoms with Crippen LogP contribution in [0.4, 0.5) is 5.82 Å². The minimum atomic E-state index is 0.125. The van der Waals surface area contributed by atoms with E-state index in [0.29, 0.717) is 11.7 Å². The summed E-state index contributed by atoms with van der Waals surface area (Å²) in [4.78, 5) is 12.0. The molecule has 1 heterocycles. The molecule has 16 heavy (non-hydrogen) atoms. The molecule has 0 spiro atoms. The van der Waals surface area contributed by atoms with Crippen molar-refractivity contribution in [3.05, 3.63) is 11.8 Å². The monoisotopic (exact) mass is 220 g/mol. The van der Waals surface area contributed by atoms with Crippen molar-refractivity contribution in [2.45, 2.75) is 32.6 Å². The van der Waals surface area contributed by atoms with E-state index >= 15 is 0 Å². The van der Waals surface area contributed by atoms with Crippen LogP contribution in [0, 0.1) is 24.7 Å². The minimum Gasteiger partial charge on any atom is -0.360 e.